The number of hydrogen-bond donors (Lipinski definition) is 2. The van der Waals surface area contributed by atoms with Gasteiger partial charge in [0.15, 0.2) is 5.11 Å². The SMILES string of the molecule is CC(C)C(C(=O)NC(N)=S)C(C)C. The average Bonchev–Trinajstić information content (AvgIpc) is 1.81. The van der Waals surface area contributed by atoms with E-state index in [1.54, 1.807) is 0 Å². The van der Waals surface area contributed by atoms with Crippen molar-refractivity contribution in [1.29, 1.82) is 0 Å². The summed E-state index contributed by atoms with van der Waals surface area (Å²) in [4.78, 5) is 11.6. The number of nitrogens with two attached hydrogens (primary N) is 1. The van der Waals surface area contributed by atoms with Gasteiger partial charge in [-0.2, -0.15) is 0 Å². The first kappa shape index (κ1) is 12.4. The number of carbonyl (C=O) groups is 1. The summed E-state index contributed by atoms with van der Waals surface area (Å²) >= 11 is 4.61. The van der Waals surface area contributed by atoms with Gasteiger partial charge in [0.1, 0.15) is 0 Å². The molecule has 4 heteroatoms. The predicted octanol–water partition coefficient (Wildman–Crippen LogP) is 1.27. The van der Waals surface area contributed by atoms with Crippen molar-refractivity contribution in [3.05, 3.63) is 0 Å². The monoisotopic (exact) mass is 202 g/mol. The number of hydrogen-bond acceptors (Lipinski definition) is 2. The zero-order valence-corrected chi connectivity index (χ0v) is 9.44. The largest absolute Gasteiger partial charge is 0.376 e. The molecule has 1 amide bonds. The van der Waals surface area contributed by atoms with Gasteiger partial charge in [-0.3, -0.25) is 4.79 Å². The van der Waals surface area contributed by atoms with E-state index in [9.17, 15) is 4.79 Å². The molecule has 0 aliphatic carbocycles. The normalized spacial score (nSPS) is 11.0. The molecule has 0 unspecified atom stereocenters. The quantitative estimate of drug-likeness (QED) is 0.678. The van der Waals surface area contributed by atoms with Gasteiger partial charge in [-0.1, -0.05) is 27.7 Å². The van der Waals surface area contributed by atoms with Crippen molar-refractivity contribution in [2.75, 3.05) is 0 Å². The fourth-order valence-corrected chi connectivity index (χ4v) is 1.68. The summed E-state index contributed by atoms with van der Waals surface area (Å²) in [7, 11) is 0. The number of carbonyl (C=O) groups excluding carboxylic acids is 1. The van der Waals surface area contributed by atoms with Crippen molar-refractivity contribution in [1.82, 2.24) is 5.32 Å². The lowest BCUT2D eigenvalue weighted by Crippen LogP contribution is -2.42. The molecule has 0 aromatic carbocycles. The maximum atomic E-state index is 11.6. The average molecular weight is 202 g/mol. The van der Waals surface area contributed by atoms with Crippen LogP contribution in [0.2, 0.25) is 0 Å². The number of rotatable bonds is 3. The minimum absolute atomic E-state index is 0.0264. The smallest absolute Gasteiger partial charge is 0.229 e. The predicted molar refractivity (Wildman–Crippen MR) is 58.1 cm³/mol. The van der Waals surface area contributed by atoms with E-state index in [1.165, 1.54) is 0 Å². The molecule has 13 heavy (non-hydrogen) atoms. The third kappa shape index (κ3) is 4.22. The van der Waals surface area contributed by atoms with Crippen molar-refractivity contribution in [2.24, 2.45) is 23.5 Å². The number of nitrogens with one attached hydrogen (secondary N) is 1. The van der Waals surface area contributed by atoms with Crippen LogP contribution in [-0.4, -0.2) is 11.0 Å². The Kier molecular flexibility index (Phi) is 4.91. The van der Waals surface area contributed by atoms with Gasteiger partial charge in [-0.25, -0.2) is 0 Å². The summed E-state index contributed by atoms with van der Waals surface area (Å²) in [6.07, 6.45) is 0. The Morgan fingerprint density at radius 3 is 1.85 bits per heavy atom. The van der Waals surface area contributed by atoms with Crippen LogP contribution in [0.4, 0.5) is 0 Å². The molecular weight excluding hydrogens is 184 g/mol. The summed E-state index contributed by atoms with van der Waals surface area (Å²) < 4.78 is 0. The highest BCUT2D eigenvalue weighted by molar-refractivity contribution is 7.80. The second-order valence-electron chi connectivity index (χ2n) is 3.87. The first-order chi connectivity index (χ1) is 5.86. The zero-order valence-electron chi connectivity index (χ0n) is 8.63. The molecule has 0 bridgehead atoms. The van der Waals surface area contributed by atoms with Crippen LogP contribution >= 0.6 is 12.2 Å². The summed E-state index contributed by atoms with van der Waals surface area (Å²) in [5, 5.41) is 2.53. The molecule has 0 aliphatic rings. The lowest BCUT2D eigenvalue weighted by Gasteiger charge is -2.23. The zero-order chi connectivity index (χ0) is 10.6. The second kappa shape index (κ2) is 5.17. The van der Waals surface area contributed by atoms with Crippen molar-refractivity contribution in [3.63, 3.8) is 0 Å². The molecule has 0 radical (unpaired) electrons. The van der Waals surface area contributed by atoms with Crippen LogP contribution in [0.25, 0.3) is 0 Å². The molecule has 3 N–H and O–H groups in total. The molecular formula is C9H18N2OS. The maximum absolute atomic E-state index is 11.6. The second-order valence-corrected chi connectivity index (χ2v) is 4.31. The Labute approximate surface area is 85.1 Å². The van der Waals surface area contributed by atoms with Gasteiger partial charge in [-0.15, -0.1) is 0 Å². The minimum atomic E-state index is -0.0718. The standard InChI is InChI=1S/C9H18N2OS/c1-5(2)7(6(3)4)8(12)11-9(10)13/h5-7H,1-4H3,(H3,10,11,12,13). The Morgan fingerprint density at radius 1 is 1.23 bits per heavy atom. The van der Waals surface area contributed by atoms with Crippen LogP contribution in [0.3, 0.4) is 0 Å². The summed E-state index contributed by atoms with van der Waals surface area (Å²) in [6, 6.07) is 0. The topological polar surface area (TPSA) is 55.1 Å². The fourth-order valence-electron chi connectivity index (χ4n) is 1.58. The van der Waals surface area contributed by atoms with Crippen LogP contribution < -0.4 is 11.1 Å². The Bertz CT molecular complexity index is 194. The number of thiocarbonyl (C=S) groups is 1. The van der Waals surface area contributed by atoms with E-state index in [0.29, 0.717) is 11.8 Å². The van der Waals surface area contributed by atoms with Crippen LogP contribution in [0.1, 0.15) is 27.7 Å². The first-order valence-corrected chi connectivity index (χ1v) is 4.87. The van der Waals surface area contributed by atoms with Crippen molar-refractivity contribution in [3.8, 4) is 0 Å². The highest BCUT2D eigenvalue weighted by Crippen LogP contribution is 2.20. The van der Waals surface area contributed by atoms with Crippen molar-refractivity contribution in [2.45, 2.75) is 27.7 Å². The molecule has 0 saturated carbocycles. The van der Waals surface area contributed by atoms with Gasteiger partial charge in [0.2, 0.25) is 5.91 Å². The summed E-state index contributed by atoms with van der Waals surface area (Å²) in [6.45, 7) is 8.07. The molecule has 0 saturated heterocycles. The van der Waals surface area contributed by atoms with Gasteiger partial charge >= 0.3 is 0 Å². The van der Waals surface area contributed by atoms with E-state index < -0.39 is 0 Å². The third-order valence-corrected chi connectivity index (χ3v) is 2.09. The van der Waals surface area contributed by atoms with Gasteiger partial charge in [0.25, 0.3) is 0 Å². The first-order valence-electron chi connectivity index (χ1n) is 4.46. The Hall–Kier alpha value is -0.640. The van der Waals surface area contributed by atoms with Crippen LogP contribution in [0.15, 0.2) is 0 Å². The van der Waals surface area contributed by atoms with E-state index >= 15 is 0 Å². The summed E-state index contributed by atoms with van der Waals surface area (Å²) in [5.74, 6) is 0.502. The van der Waals surface area contributed by atoms with E-state index in [-0.39, 0.29) is 16.9 Å². The Morgan fingerprint density at radius 2 is 1.62 bits per heavy atom. The lowest BCUT2D eigenvalue weighted by molar-refractivity contribution is -0.126. The molecule has 3 nitrogen and oxygen atoms in total. The van der Waals surface area contributed by atoms with E-state index in [2.05, 4.69) is 17.5 Å². The van der Waals surface area contributed by atoms with Gasteiger partial charge in [-0.05, 0) is 24.1 Å². The molecule has 0 aliphatic heterocycles. The molecule has 0 atom stereocenters. The minimum Gasteiger partial charge on any atom is -0.376 e. The Balaban J connectivity index is 4.38. The molecule has 76 valence electrons. The van der Waals surface area contributed by atoms with Crippen LogP contribution in [-0.2, 0) is 4.79 Å². The van der Waals surface area contributed by atoms with Crippen molar-refractivity contribution < 1.29 is 4.79 Å². The molecule has 0 aromatic heterocycles. The van der Waals surface area contributed by atoms with E-state index in [1.807, 2.05) is 27.7 Å². The van der Waals surface area contributed by atoms with Gasteiger partial charge in [0, 0.05) is 5.92 Å². The fraction of sp³-hybridized carbons (Fsp3) is 0.778. The third-order valence-electron chi connectivity index (χ3n) is 1.99. The molecule has 0 rings (SSSR count). The maximum Gasteiger partial charge on any atom is 0.229 e. The highest BCUT2D eigenvalue weighted by Gasteiger charge is 2.25. The molecule has 0 fully saturated rings. The highest BCUT2D eigenvalue weighted by atomic mass is 32.1. The molecule has 0 heterocycles. The van der Waals surface area contributed by atoms with Gasteiger partial charge < -0.3 is 11.1 Å². The van der Waals surface area contributed by atoms with Crippen molar-refractivity contribution >= 4 is 23.2 Å². The molecule has 0 aromatic rings. The lowest BCUT2D eigenvalue weighted by atomic mass is 9.85. The van der Waals surface area contributed by atoms with E-state index in [4.69, 9.17) is 5.73 Å². The van der Waals surface area contributed by atoms with E-state index in [0.717, 1.165) is 0 Å². The van der Waals surface area contributed by atoms with Crippen LogP contribution in [0, 0.1) is 17.8 Å². The van der Waals surface area contributed by atoms with Gasteiger partial charge in [0.05, 0.1) is 0 Å². The van der Waals surface area contributed by atoms with Crippen LogP contribution in [0.5, 0.6) is 0 Å². The number of amides is 1. The summed E-state index contributed by atoms with van der Waals surface area (Å²) in [5.41, 5.74) is 5.23. The molecule has 0 spiro atoms.